The van der Waals surface area contributed by atoms with Crippen LogP contribution in [0.15, 0.2) is 77.5 Å². The molecule has 0 bridgehead atoms. The van der Waals surface area contributed by atoms with Crippen molar-refractivity contribution in [3.05, 3.63) is 84.3 Å². The van der Waals surface area contributed by atoms with Gasteiger partial charge in [0.2, 0.25) is 5.91 Å². The highest BCUT2D eigenvalue weighted by atomic mass is 32.2. The van der Waals surface area contributed by atoms with Gasteiger partial charge in [-0.2, -0.15) is 0 Å². The average molecular weight is 564 g/mol. The Hall–Kier alpha value is -4.05. The fourth-order valence-electron chi connectivity index (χ4n) is 5.09. The average Bonchev–Trinajstić information content (AvgIpc) is 3.63. The van der Waals surface area contributed by atoms with Gasteiger partial charge in [-0.25, -0.2) is 13.4 Å². The number of methoxy groups -OCH3 is 1. The zero-order valence-corrected chi connectivity index (χ0v) is 23.4. The highest BCUT2D eigenvalue weighted by molar-refractivity contribution is 7.90. The molecule has 1 N–H and O–H groups in total. The molecule has 210 valence electrons. The highest BCUT2D eigenvalue weighted by Gasteiger charge is 2.35. The van der Waals surface area contributed by atoms with E-state index in [0.29, 0.717) is 35.7 Å². The number of fused-ring (bicyclic) bond motifs is 1. The minimum Gasteiger partial charge on any atom is -0.497 e. The number of likely N-dealkylation sites (tertiary alicyclic amines) is 1. The molecule has 4 aromatic rings. The number of anilines is 1. The van der Waals surface area contributed by atoms with Crippen molar-refractivity contribution in [1.82, 2.24) is 9.88 Å². The van der Waals surface area contributed by atoms with E-state index < -0.39 is 15.9 Å². The number of rotatable bonds is 11. The van der Waals surface area contributed by atoms with E-state index in [4.69, 9.17) is 13.9 Å². The maximum Gasteiger partial charge on any atom is 0.250 e. The number of carbonyl (C=O) groups excluding carboxylic acids is 1. The first-order chi connectivity index (χ1) is 19.3. The van der Waals surface area contributed by atoms with Gasteiger partial charge in [-0.3, -0.25) is 4.79 Å². The summed E-state index contributed by atoms with van der Waals surface area (Å²) >= 11 is 0. The third-order valence-corrected chi connectivity index (χ3v) is 8.04. The van der Waals surface area contributed by atoms with Gasteiger partial charge in [-0.15, -0.1) is 0 Å². The zero-order valence-electron chi connectivity index (χ0n) is 22.6. The monoisotopic (exact) mass is 563 g/mol. The van der Waals surface area contributed by atoms with E-state index in [-0.39, 0.29) is 24.3 Å². The third kappa shape index (κ3) is 6.56. The van der Waals surface area contributed by atoms with Crippen LogP contribution in [0.3, 0.4) is 0 Å². The number of oxazole rings is 1. The molecular formula is C30H33N3O6S. The van der Waals surface area contributed by atoms with Gasteiger partial charge < -0.3 is 24.1 Å². The minimum atomic E-state index is -3.06. The molecule has 1 saturated heterocycles. The lowest BCUT2D eigenvalue weighted by Gasteiger charge is -2.30. The van der Waals surface area contributed by atoms with Gasteiger partial charge in [0.1, 0.15) is 32.9 Å². The number of hydrogen-bond acceptors (Lipinski definition) is 8. The van der Waals surface area contributed by atoms with Gasteiger partial charge in [0.25, 0.3) is 0 Å². The Morgan fingerprint density at radius 1 is 1.12 bits per heavy atom. The van der Waals surface area contributed by atoms with Crippen LogP contribution in [-0.4, -0.2) is 56.5 Å². The van der Waals surface area contributed by atoms with Gasteiger partial charge in [-0.05, 0) is 42.5 Å². The van der Waals surface area contributed by atoms with Crippen LogP contribution in [0.4, 0.5) is 5.69 Å². The van der Waals surface area contributed by atoms with Crippen LogP contribution >= 0.6 is 0 Å². The molecule has 3 aromatic carbocycles. The first-order valence-corrected chi connectivity index (χ1v) is 15.3. The number of ether oxygens (including phenoxy) is 2. The van der Waals surface area contributed by atoms with Crippen LogP contribution < -0.4 is 14.8 Å². The van der Waals surface area contributed by atoms with Gasteiger partial charge >= 0.3 is 0 Å². The molecule has 9 nitrogen and oxygen atoms in total. The first kappa shape index (κ1) is 27.5. The second-order valence-corrected chi connectivity index (χ2v) is 12.2. The quantitative estimate of drug-likeness (QED) is 0.249. The number of hydrogen-bond donors (Lipinski definition) is 1. The molecule has 0 radical (unpaired) electrons. The zero-order chi connectivity index (χ0) is 28.1. The molecule has 2 unspecified atom stereocenters. The van der Waals surface area contributed by atoms with Crippen molar-refractivity contribution in [3.63, 3.8) is 0 Å². The standard InChI is InChI=1S/C30H33N3O6S/c1-37-24-17-23(18-25(19-24)38-14-7-15-40(2,35)36)32-29(21-8-4-3-5-9-21)30(34)33-13-6-10-27(33)22-11-12-26-28(16-22)39-20-31-26/h3-5,8-9,11-12,16-20,27,29,32H,6-7,10,13-15H2,1-2H3. The normalized spacial score (nSPS) is 16.1. The number of sulfone groups is 1. The van der Waals surface area contributed by atoms with Crippen molar-refractivity contribution >= 4 is 32.5 Å². The third-order valence-electron chi connectivity index (χ3n) is 7.01. The second kappa shape index (κ2) is 12.0. The van der Waals surface area contributed by atoms with E-state index in [1.807, 2.05) is 59.5 Å². The molecule has 1 amide bonds. The van der Waals surface area contributed by atoms with E-state index >= 15 is 0 Å². The van der Waals surface area contributed by atoms with Crippen LogP contribution in [0.5, 0.6) is 11.5 Å². The molecule has 2 heterocycles. The number of amides is 1. The van der Waals surface area contributed by atoms with Gasteiger partial charge in [0, 0.05) is 36.7 Å². The van der Waals surface area contributed by atoms with E-state index in [9.17, 15) is 13.2 Å². The topological polar surface area (TPSA) is 111 Å². The summed E-state index contributed by atoms with van der Waals surface area (Å²) in [6, 6.07) is 20.2. The van der Waals surface area contributed by atoms with Crippen LogP contribution in [0.25, 0.3) is 11.1 Å². The minimum absolute atomic E-state index is 0.0372. The molecular weight excluding hydrogens is 530 g/mol. The largest absolute Gasteiger partial charge is 0.497 e. The molecule has 1 aliphatic rings. The van der Waals surface area contributed by atoms with E-state index in [2.05, 4.69) is 10.3 Å². The first-order valence-electron chi connectivity index (χ1n) is 13.3. The van der Waals surface area contributed by atoms with Crippen molar-refractivity contribution in [2.24, 2.45) is 0 Å². The summed E-state index contributed by atoms with van der Waals surface area (Å²) in [6.45, 7) is 0.890. The predicted octanol–water partition coefficient (Wildman–Crippen LogP) is 5.17. The van der Waals surface area contributed by atoms with Crippen LogP contribution in [0.1, 0.15) is 42.5 Å². The summed E-state index contributed by atoms with van der Waals surface area (Å²) in [7, 11) is -1.50. The SMILES string of the molecule is COc1cc(NC(C(=O)N2CCCC2c2ccc3ncoc3c2)c2ccccc2)cc(OCCCS(C)(=O)=O)c1. The van der Waals surface area contributed by atoms with Crippen molar-refractivity contribution in [2.75, 3.05) is 37.6 Å². The number of aromatic nitrogens is 1. The van der Waals surface area contributed by atoms with E-state index in [1.54, 1.807) is 19.2 Å². The molecule has 0 saturated carbocycles. The van der Waals surface area contributed by atoms with E-state index in [1.165, 1.54) is 12.6 Å². The second-order valence-electron chi connectivity index (χ2n) is 9.99. The molecule has 1 fully saturated rings. The number of carbonyl (C=O) groups is 1. The van der Waals surface area contributed by atoms with Crippen molar-refractivity contribution in [1.29, 1.82) is 0 Å². The smallest absolute Gasteiger partial charge is 0.250 e. The molecule has 0 spiro atoms. The molecule has 40 heavy (non-hydrogen) atoms. The number of benzene rings is 3. The predicted molar refractivity (Wildman–Crippen MR) is 153 cm³/mol. The van der Waals surface area contributed by atoms with Crippen molar-refractivity contribution in [3.8, 4) is 11.5 Å². The van der Waals surface area contributed by atoms with Crippen molar-refractivity contribution < 1.29 is 27.1 Å². The molecule has 1 aromatic heterocycles. The van der Waals surface area contributed by atoms with Crippen molar-refractivity contribution in [2.45, 2.75) is 31.3 Å². The Morgan fingerprint density at radius 2 is 1.93 bits per heavy atom. The fraction of sp³-hybridized carbons (Fsp3) is 0.333. The Labute approximate surface area is 234 Å². The van der Waals surface area contributed by atoms with Crippen LogP contribution in [0.2, 0.25) is 0 Å². The maximum absolute atomic E-state index is 14.2. The summed E-state index contributed by atoms with van der Waals surface area (Å²) in [5.41, 5.74) is 4.00. The van der Waals surface area contributed by atoms with Crippen LogP contribution in [-0.2, 0) is 14.6 Å². The lowest BCUT2D eigenvalue weighted by Crippen LogP contribution is -2.37. The summed E-state index contributed by atoms with van der Waals surface area (Å²) in [6.07, 6.45) is 4.77. The lowest BCUT2D eigenvalue weighted by molar-refractivity contribution is -0.133. The number of nitrogens with zero attached hydrogens (tertiary/aromatic N) is 2. The maximum atomic E-state index is 14.2. The Morgan fingerprint density at radius 3 is 2.70 bits per heavy atom. The lowest BCUT2D eigenvalue weighted by atomic mass is 10.0. The van der Waals surface area contributed by atoms with Gasteiger partial charge in [0.15, 0.2) is 12.0 Å². The highest BCUT2D eigenvalue weighted by Crippen LogP contribution is 2.37. The molecule has 1 aliphatic heterocycles. The summed E-state index contributed by atoms with van der Waals surface area (Å²) in [4.78, 5) is 20.3. The summed E-state index contributed by atoms with van der Waals surface area (Å²) in [5, 5.41) is 3.42. The van der Waals surface area contributed by atoms with Gasteiger partial charge in [0.05, 0.1) is 25.5 Å². The van der Waals surface area contributed by atoms with Gasteiger partial charge in [-0.1, -0.05) is 36.4 Å². The Bertz CT molecular complexity index is 1570. The summed E-state index contributed by atoms with van der Waals surface area (Å²) in [5.74, 6) is 1.09. The summed E-state index contributed by atoms with van der Waals surface area (Å²) < 4.78 is 39.7. The molecule has 2 atom stereocenters. The molecule has 5 rings (SSSR count). The number of nitrogens with one attached hydrogen (secondary N) is 1. The fourth-order valence-corrected chi connectivity index (χ4v) is 5.73. The molecule has 0 aliphatic carbocycles. The van der Waals surface area contributed by atoms with Crippen LogP contribution in [0, 0.1) is 0 Å². The Kier molecular flexibility index (Phi) is 8.25. The molecule has 10 heteroatoms. The van der Waals surface area contributed by atoms with E-state index in [0.717, 1.165) is 29.5 Å². The Balaban J connectivity index is 1.40.